The van der Waals surface area contributed by atoms with Crippen molar-refractivity contribution in [1.29, 1.82) is 0 Å². The Bertz CT molecular complexity index is 505. The quantitative estimate of drug-likeness (QED) is 0.830. The Hall–Kier alpha value is -1.42. The van der Waals surface area contributed by atoms with E-state index in [1.807, 2.05) is 12.1 Å². The van der Waals surface area contributed by atoms with Crippen LogP contribution in [-0.2, 0) is 16.0 Å². The van der Waals surface area contributed by atoms with Crippen LogP contribution in [0.3, 0.4) is 0 Å². The third-order valence-corrected chi connectivity index (χ3v) is 5.17. The minimum absolute atomic E-state index is 0.123. The second-order valence-corrected chi connectivity index (χ2v) is 6.73. The predicted octanol–water partition coefficient (Wildman–Crippen LogP) is 3.57. The molecule has 4 heteroatoms. The van der Waals surface area contributed by atoms with Crippen LogP contribution in [0.4, 0.5) is 4.39 Å². The topological polar surface area (TPSA) is 29.5 Å². The maximum atomic E-state index is 13.0. The van der Waals surface area contributed by atoms with E-state index in [4.69, 9.17) is 4.74 Å². The van der Waals surface area contributed by atoms with Crippen LogP contribution in [0, 0.1) is 11.7 Å². The minimum Gasteiger partial charge on any atom is -0.381 e. The number of carbonyl (C=O) groups excluding carboxylic acids is 1. The molecule has 3 rings (SSSR count). The molecule has 0 bridgehead atoms. The zero-order chi connectivity index (χ0) is 16.1. The van der Waals surface area contributed by atoms with Crippen LogP contribution in [0.2, 0.25) is 0 Å². The Morgan fingerprint density at radius 1 is 1.09 bits per heavy atom. The molecule has 1 aliphatic heterocycles. The van der Waals surface area contributed by atoms with Gasteiger partial charge < -0.3 is 9.64 Å². The fourth-order valence-electron chi connectivity index (χ4n) is 3.77. The van der Waals surface area contributed by atoms with Gasteiger partial charge >= 0.3 is 0 Å². The van der Waals surface area contributed by atoms with Crippen molar-refractivity contribution in [2.45, 2.75) is 51.0 Å². The number of hydrogen-bond donors (Lipinski definition) is 0. The van der Waals surface area contributed by atoms with Gasteiger partial charge in [0.25, 0.3) is 0 Å². The van der Waals surface area contributed by atoms with Crippen molar-refractivity contribution < 1.29 is 13.9 Å². The van der Waals surface area contributed by atoms with Gasteiger partial charge in [0.2, 0.25) is 5.91 Å². The van der Waals surface area contributed by atoms with Gasteiger partial charge in [-0.2, -0.15) is 0 Å². The Balaban J connectivity index is 1.64. The average molecular weight is 319 g/mol. The average Bonchev–Trinajstić information content (AvgIpc) is 3.12. The third kappa shape index (κ3) is 4.31. The van der Waals surface area contributed by atoms with E-state index < -0.39 is 0 Å². The van der Waals surface area contributed by atoms with Crippen molar-refractivity contribution in [2.75, 3.05) is 19.8 Å². The van der Waals surface area contributed by atoms with E-state index in [0.717, 1.165) is 44.2 Å². The molecule has 2 aliphatic rings. The molecular weight excluding hydrogens is 293 g/mol. The first-order chi connectivity index (χ1) is 11.2. The lowest BCUT2D eigenvalue weighted by Gasteiger charge is -2.34. The highest BCUT2D eigenvalue weighted by atomic mass is 19.1. The van der Waals surface area contributed by atoms with Crippen molar-refractivity contribution in [3.63, 3.8) is 0 Å². The Labute approximate surface area is 137 Å². The number of amides is 1. The maximum absolute atomic E-state index is 13.0. The summed E-state index contributed by atoms with van der Waals surface area (Å²) in [4.78, 5) is 15.1. The van der Waals surface area contributed by atoms with Crippen LogP contribution < -0.4 is 0 Å². The summed E-state index contributed by atoms with van der Waals surface area (Å²) in [5.74, 6) is 0.222. The highest BCUT2D eigenvalue weighted by Crippen LogP contribution is 2.27. The summed E-state index contributed by atoms with van der Waals surface area (Å²) in [5.41, 5.74) is 1.09. The molecule has 0 radical (unpaired) electrons. The van der Waals surface area contributed by atoms with Gasteiger partial charge in [-0.3, -0.25) is 4.79 Å². The maximum Gasteiger partial charge on any atom is 0.226 e. The van der Waals surface area contributed by atoms with Gasteiger partial charge in [0.1, 0.15) is 5.82 Å². The lowest BCUT2D eigenvalue weighted by Crippen LogP contribution is -2.44. The van der Waals surface area contributed by atoms with E-state index in [2.05, 4.69) is 4.90 Å². The molecule has 23 heavy (non-hydrogen) atoms. The summed E-state index contributed by atoms with van der Waals surface area (Å²) in [6, 6.07) is 7.03. The molecule has 1 amide bonds. The molecule has 2 fully saturated rings. The number of ether oxygens (including phenoxy) is 1. The van der Waals surface area contributed by atoms with Crippen molar-refractivity contribution in [3.05, 3.63) is 35.6 Å². The second-order valence-electron chi connectivity index (χ2n) is 6.73. The molecule has 0 aromatic heterocycles. The molecule has 0 N–H and O–H groups in total. The molecule has 126 valence electrons. The summed E-state index contributed by atoms with van der Waals surface area (Å²) >= 11 is 0. The molecule has 1 aromatic rings. The van der Waals surface area contributed by atoms with Crippen LogP contribution in [0.15, 0.2) is 24.3 Å². The van der Waals surface area contributed by atoms with Crippen LogP contribution in [0.1, 0.15) is 44.1 Å². The number of carbonyl (C=O) groups is 1. The van der Waals surface area contributed by atoms with Gasteiger partial charge in [0, 0.05) is 31.7 Å². The van der Waals surface area contributed by atoms with E-state index in [1.54, 1.807) is 0 Å². The molecule has 1 heterocycles. The SMILES string of the molecule is O=C(C1CCOCC1)N(CCc1ccc(F)cc1)C1CCCC1. The van der Waals surface area contributed by atoms with Crippen LogP contribution >= 0.6 is 0 Å². The molecule has 1 saturated carbocycles. The Morgan fingerprint density at radius 2 is 1.74 bits per heavy atom. The molecule has 0 unspecified atom stereocenters. The predicted molar refractivity (Wildman–Crippen MR) is 87.6 cm³/mol. The minimum atomic E-state index is -0.209. The number of rotatable bonds is 5. The molecular formula is C19H26FNO2. The van der Waals surface area contributed by atoms with Gasteiger partial charge in [0.15, 0.2) is 0 Å². The van der Waals surface area contributed by atoms with Gasteiger partial charge in [-0.05, 0) is 49.8 Å². The van der Waals surface area contributed by atoms with Crippen molar-refractivity contribution in [2.24, 2.45) is 5.92 Å². The third-order valence-electron chi connectivity index (χ3n) is 5.17. The molecule has 1 saturated heterocycles. The number of halogens is 1. The molecule has 0 spiro atoms. The largest absolute Gasteiger partial charge is 0.381 e. The highest BCUT2D eigenvalue weighted by molar-refractivity contribution is 5.79. The standard InChI is InChI=1S/C19H26FNO2/c20-17-7-5-15(6-8-17)9-12-21(18-3-1-2-4-18)19(22)16-10-13-23-14-11-16/h5-8,16,18H,1-4,9-14H2. The van der Waals surface area contributed by atoms with Crippen LogP contribution in [0.5, 0.6) is 0 Å². The molecule has 1 aromatic carbocycles. The zero-order valence-corrected chi connectivity index (χ0v) is 13.7. The van der Waals surface area contributed by atoms with E-state index in [1.165, 1.54) is 25.0 Å². The lowest BCUT2D eigenvalue weighted by molar-refractivity contribution is -0.140. The van der Waals surface area contributed by atoms with Crippen LogP contribution in [-0.4, -0.2) is 36.6 Å². The van der Waals surface area contributed by atoms with Crippen molar-refractivity contribution in [3.8, 4) is 0 Å². The summed E-state index contributed by atoms with van der Waals surface area (Å²) in [6.45, 7) is 2.15. The first kappa shape index (κ1) is 16.4. The van der Waals surface area contributed by atoms with Crippen LogP contribution in [0.25, 0.3) is 0 Å². The fraction of sp³-hybridized carbons (Fsp3) is 0.632. The molecule has 1 aliphatic carbocycles. The summed E-state index contributed by atoms with van der Waals surface area (Å²) < 4.78 is 18.4. The summed E-state index contributed by atoms with van der Waals surface area (Å²) in [6.07, 6.45) is 7.18. The molecule has 0 atom stereocenters. The second kappa shape index (κ2) is 7.91. The first-order valence-electron chi connectivity index (χ1n) is 8.87. The number of benzene rings is 1. The van der Waals surface area contributed by atoms with Crippen molar-refractivity contribution >= 4 is 5.91 Å². The summed E-state index contributed by atoms with van der Waals surface area (Å²) in [5, 5.41) is 0. The normalized spacial score (nSPS) is 19.9. The van der Waals surface area contributed by atoms with E-state index >= 15 is 0 Å². The Kier molecular flexibility index (Phi) is 5.65. The lowest BCUT2D eigenvalue weighted by atomic mass is 9.97. The van der Waals surface area contributed by atoms with Gasteiger partial charge in [-0.25, -0.2) is 4.39 Å². The molecule has 3 nitrogen and oxygen atoms in total. The fourth-order valence-corrected chi connectivity index (χ4v) is 3.77. The van der Waals surface area contributed by atoms with E-state index in [0.29, 0.717) is 25.2 Å². The van der Waals surface area contributed by atoms with Crippen molar-refractivity contribution in [1.82, 2.24) is 4.90 Å². The van der Waals surface area contributed by atoms with E-state index in [9.17, 15) is 9.18 Å². The zero-order valence-electron chi connectivity index (χ0n) is 13.7. The van der Waals surface area contributed by atoms with Gasteiger partial charge in [0.05, 0.1) is 0 Å². The summed E-state index contributed by atoms with van der Waals surface area (Å²) in [7, 11) is 0. The Morgan fingerprint density at radius 3 is 2.39 bits per heavy atom. The number of nitrogens with zero attached hydrogens (tertiary/aromatic N) is 1. The monoisotopic (exact) mass is 319 g/mol. The highest BCUT2D eigenvalue weighted by Gasteiger charge is 2.31. The first-order valence-corrected chi connectivity index (χ1v) is 8.87. The smallest absolute Gasteiger partial charge is 0.226 e. The number of hydrogen-bond acceptors (Lipinski definition) is 2. The van der Waals surface area contributed by atoms with Gasteiger partial charge in [-0.15, -0.1) is 0 Å². The van der Waals surface area contributed by atoms with E-state index in [-0.39, 0.29) is 11.7 Å². The van der Waals surface area contributed by atoms with Gasteiger partial charge in [-0.1, -0.05) is 25.0 Å².